The number of aryl methyl sites for hydroxylation is 2. The van der Waals surface area contributed by atoms with E-state index in [1.54, 1.807) is 24.3 Å². The second kappa shape index (κ2) is 7.32. The van der Waals surface area contributed by atoms with Crippen molar-refractivity contribution >= 4 is 34.7 Å². The van der Waals surface area contributed by atoms with Gasteiger partial charge in [0.05, 0.1) is 23.1 Å². The maximum atomic E-state index is 12.2. The zero-order chi connectivity index (χ0) is 17.8. The molecule has 0 saturated heterocycles. The number of halogens is 1. The van der Waals surface area contributed by atoms with E-state index in [4.69, 9.17) is 11.6 Å². The summed E-state index contributed by atoms with van der Waals surface area (Å²) in [4.78, 5) is 20.7. The van der Waals surface area contributed by atoms with Crippen molar-refractivity contribution in [3.8, 4) is 0 Å². The monoisotopic (exact) mass is 352 g/mol. The normalized spacial score (nSPS) is 10.4. The molecule has 3 aromatic rings. The number of carbonyl (C=O) groups is 1. The van der Waals surface area contributed by atoms with Gasteiger partial charge in [-0.3, -0.25) is 4.79 Å². The summed E-state index contributed by atoms with van der Waals surface area (Å²) in [6.45, 7) is 4.04. The number of rotatable bonds is 4. The summed E-state index contributed by atoms with van der Waals surface area (Å²) in [6, 6.07) is 13.2. The fourth-order valence-corrected chi connectivity index (χ4v) is 2.45. The molecule has 1 heterocycles. The van der Waals surface area contributed by atoms with E-state index in [1.165, 1.54) is 12.4 Å². The molecule has 1 amide bonds. The highest BCUT2D eigenvalue weighted by Crippen LogP contribution is 2.22. The van der Waals surface area contributed by atoms with Gasteiger partial charge >= 0.3 is 0 Å². The van der Waals surface area contributed by atoms with Gasteiger partial charge in [0.25, 0.3) is 5.91 Å². The fourth-order valence-electron chi connectivity index (χ4n) is 2.27. The molecule has 0 spiro atoms. The first-order chi connectivity index (χ1) is 12.0. The Kier molecular flexibility index (Phi) is 4.95. The van der Waals surface area contributed by atoms with Crippen LogP contribution < -0.4 is 10.6 Å². The van der Waals surface area contributed by atoms with Crippen molar-refractivity contribution in [1.82, 2.24) is 9.97 Å². The first-order valence-electron chi connectivity index (χ1n) is 7.75. The Morgan fingerprint density at radius 1 is 1.00 bits per heavy atom. The van der Waals surface area contributed by atoms with Gasteiger partial charge in [0.1, 0.15) is 11.5 Å². The molecule has 0 atom stereocenters. The SMILES string of the molecule is Cc1ccc(C)c(Nc2cnc(C(=O)Nc3ccccc3Cl)cn2)c1. The summed E-state index contributed by atoms with van der Waals surface area (Å²) in [5.41, 5.74) is 3.97. The number of carbonyl (C=O) groups excluding carboxylic acids is 1. The molecule has 0 fully saturated rings. The first-order valence-corrected chi connectivity index (χ1v) is 8.13. The number of hydrogen-bond acceptors (Lipinski definition) is 4. The average Bonchev–Trinajstić information content (AvgIpc) is 2.61. The summed E-state index contributed by atoms with van der Waals surface area (Å²) < 4.78 is 0. The molecule has 25 heavy (non-hydrogen) atoms. The minimum atomic E-state index is -0.362. The number of amides is 1. The Balaban J connectivity index is 1.72. The average molecular weight is 353 g/mol. The zero-order valence-corrected chi connectivity index (χ0v) is 14.6. The smallest absolute Gasteiger partial charge is 0.275 e. The van der Waals surface area contributed by atoms with E-state index in [2.05, 4.69) is 20.6 Å². The molecule has 2 aromatic carbocycles. The Bertz CT molecular complexity index is 910. The minimum absolute atomic E-state index is 0.214. The predicted molar refractivity (Wildman–Crippen MR) is 101 cm³/mol. The Hall–Kier alpha value is -2.92. The standard InChI is InChI=1S/C19H17ClN4O/c1-12-7-8-13(2)16(9-12)23-18-11-21-17(10-22-18)19(25)24-15-6-4-3-5-14(15)20/h3-11H,1-2H3,(H,22,23)(H,24,25). The first kappa shape index (κ1) is 16.9. The van der Waals surface area contributed by atoms with Crippen molar-refractivity contribution in [3.63, 3.8) is 0 Å². The highest BCUT2D eigenvalue weighted by atomic mass is 35.5. The van der Waals surface area contributed by atoms with E-state index in [9.17, 15) is 4.79 Å². The molecule has 1 aromatic heterocycles. The Morgan fingerprint density at radius 2 is 1.80 bits per heavy atom. The third-order valence-corrected chi connectivity index (χ3v) is 3.99. The van der Waals surface area contributed by atoms with Gasteiger partial charge in [0.15, 0.2) is 0 Å². The molecular weight excluding hydrogens is 336 g/mol. The molecule has 5 nitrogen and oxygen atoms in total. The fraction of sp³-hybridized carbons (Fsp3) is 0.105. The van der Waals surface area contributed by atoms with Crippen LogP contribution in [0.15, 0.2) is 54.9 Å². The van der Waals surface area contributed by atoms with Crippen molar-refractivity contribution in [1.29, 1.82) is 0 Å². The molecule has 0 radical (unpaired) electrons. The van der Waals surface area contributed by atoms with Crippen molar-refractivity contribution in [3.05, 3.63) is 76.7 Å². The molecule has 6 heteroatoms. The number of nitrogens with one attached hydrogen (secondary N) is 2. The van der Waals surface area contributed by atoms with Crippen LogP contribution in [-0.2, 0) is 0 Å². The van der Waals surface area contributed by atoms with Crippen LogP contribution in [0.2, 0.25) is 5.02 Å². The second-order valence-electron chi connectivity index (χ2n) is 5.66. The van der Waals surface area contributed by atoms with Gasteiger partial charge in [-0.05, 0) is 43.2 Å². The van der Waals surface area contributed by atoms with Crippen LogP contribution in [0.4, 0.5) is 17.2 Å². The highest BCUT2D eigenvalue weighted by molar-refractivity contribution is 6.33. The second-order valence-corrected chi connectivity index (χ2v) is 6.07. The summed E-state index contributed by atoms with van der Waals surface area (Å²) in [5, 5.41) is 6.40. The molecule has 126 valence electrons. The molecule has 0 aliphatic rings. The van der Waals surface area contributed by atoms with Gasteiger partial charge in [-0.1, -0.05) is 35.9 Å². The van der Waals surface area contributed by atoms with Crippen LogP contribution in [0.25, 0.3) is 0 Å². The van der Waals surface area contributed by atoms with E-state index in [1.807, 2.05) is 32.0 Å². The Morgan fingerprint density at radius 3 is 2.52 bits per heavy atom. The van der Waals surface area contributed by atoms with Crippen LogP contribution >= 0.6 is 11.6 Å². The topological polar surface area (TPSA) is 66.9 Å². The van der Waals surface area contributed by atoms with Crippen molar-refractivity contribution in [2.45, 2.75) is 13.8 Å². The quantitative estimate of drug-likeness (QED) is 0.711. The summed E-state index contributed by atoms with van der Waals surface area (Å²) in [7, 11) is 0. The highest BCUT2D eigenvalue weighted by Gasteiger charge is 2.10. The van der Waals surface area contributed by atoms with E-state index < -0.39 is 0 Å². The number of benzene rings is 2. The van der Waals surface area contributed by atoms with Crippen molar-refractivity contribution in [2.24, 2.45) is 0 Å². The number of para-hydroxylation sites is 1. The lowest BCUT2D eigenvalue weighted by Crippen LogP contribution is -2.14. The maximum Gasteiger partial charge on any atom is 0.275 e. The van der Waals surface area contributed by atoms with Gasteiger partial charge in [-0.2, -0.15) is 0 Å². The van der Waals surface area contributed by atoms with Gasteiger partial charge < -0.3 is 10.6 Å². The molecule has 2 N–H and O–H groups in total. The molecular formula is C19H17ClN4O. The predicted octanol–water partition coefficient (Wildman–Crippen LogP) is 4.74. The van der Waals surface area contributed by atoms with E-state index in [-0.39, 0.29) is 11.6 Å². The van der Waals surface area contributed by atoms with E-state index in [0.717, 1.165) is 16.8 Å². The lowest BCUT2D eigenvalue weighted by atomic mass is 10.1. The molecule has 3 rings (SSSR count). The zero-order valence-electron chi connectivity index (χ0n) is 13.9. The minimum Gasteiger partial charge on any atom is -0.339 e. The number of hydrogen-bond donors (Lipinski definition) is 2. The van der Waals surface area contributed by atoms with E-state index >= 15 is 0 Å². The van der Waals surface area contributed by atoms with Gasteiger partial charge in [0, 0.05) is 5.69 Å². The number of aromatic nitrogens is 2. The van der Waals surface area contributed by atoms with Crippen LogP contribution in [0.1, 0.15) is 21.6 Å². The van der Waals surface area contributed by atoms with Gasteiger partial charge in [0.2, 0.25) is 0 Å². The molecule has 0 unspecified atom stereocenters. The summed E-state index contributed by atoms with van der Waals surface area (Å²) in [6.07, 6.45) is 2.96. The van der Waals surface area contributed by atoms with Crippen LogP contribution in [-0.4, -0.2) is 15.9 Å². The van der Waals surface area contributed by atoms with Crippen LogP contribution in [0, 0.1) is 13.8 Å². The van der Waals surface area contributed by atoms with Crippen LogP contribution in [0.3, 0.4) is 0 Å². The largest absolute Gasteiger partial charge is 0.339 e. The molecule has 0 aliphatic carbocycles. The van der Waals surface area contributed by atoms with E-state index in [0.29, 0.717) is 16.5 Å². The molecule has 0 aliphatic heterocycles. The third kappa shape index (κ3) is 4.14. The number of anilines is 3. The molecule has 0 saturated carbocycles. The van der Waals surface area contributed by atoms with Gasteiger partial charge in [-0.15, -0.1) is 0 Å². The third-order valence-electron chi connectivity index (χ3n) is 3.66. The summed E-state index contributed by atoms with van der Waals surface area (Å²) >= 11 is 6.04. The van der Waals surface area contributed by atoms with Crippen molar-refractivity contribution < 1.29 is 4.79 Å². The Labute approximate surface area is 151 Å². The maximum absolute atomic E-state index is 12.2. The van der Waals surface area contributed by atoms with Gasteiger partial charge in [-0.25, -0.2) is 9.97 Å². The lowest BCUT2D eigenvalue weighted by Gasteiger charge is -2.10. The van der Waals surface area contributed by atoms with Crippen molar-refractivity contribution in [2.75, 3.05) is 10.6 Å². The lowest BCUT2D eigenvalue weighted by molar-refractivity contribution is 0.102. The summed E-state index contributed by atoms with van der Waals surface area (Å²) in [5.74, 6) is 0.210. The molecule has 0 bridgehead atoms. The van der Waals surface area contributed by atoms with Crippen LogP contribution in [0.5, 0.6) is 0 Å². The number of nitrogens with zero attached hydrogens (tertiary/aromatic N) is 2.